The van der Waals surface area contributed by atoms with Crippen LogP contribution in [0.3, 0.4) is 0 Å². The second kappa shape index (κ2) is 6.62. The number of rotatable bonds is 6. The van der Waals surface area contributed by atoms with E-state index in [1.165, 1.54) is 11.8 Å². The zero-order chi connectivity index (χ0) is 15.4. The van der Waals surface area contributed by atoms with E-state index in [1.807, 2.05) is 38.1 Å². The molecule has 0 amide bonds. The lowest BCUT2D eigenvalue weighted by atomic mass is 10.1. The summed E-state index contributed by atoms with van der Waals surface area (Å²) in [4.78, 5) is 22.2. The molecule has 21 heavy (non-hydrogen) atoms. The van der Waals surface area contributed by atoms with Gasteiger partial charge in [-0.1, -0.05) is 36.0 Å². The lowest BCUT2D eigenvalue weighted by Crippen LogP contribution is -2.19. The largest absolute Gasteiger partial charge is 0.481 e. The highest BCUT2D eigenvalue weighted by Crippen LogP contribution is 2.22. The molecule has 0 saturated carbocycles. The van der Waals surface area contributed by atoms with Gasteiger partial charge in [0, 0.05) is 11.8 Å². The lowest BCUT2D eigenvalue weighted by Gasteiger charge is -2.08. The van der Waals surface area contributed by atoms with Gasteiger partial charge in [0.2, 0.25) is 0 Å². The first kappa shape index (κ1) is 15.4. The number of carboxylic acid groups (broad SMARTS) is 1. The molecule has 2 rings (SSSR count). The highest BCUT2D eigenvalue weighted by molar-refractivity contribution is 7.98. The van der Waals surface area contributed by atoms with E-state index in [-0.39, 0.29) is 18.2 Å². The van der Waals surface area contributed by atoms with Crippen molar-refractivity contribution in [3.63, 3.8) is 0 Å². The Labute approximate surface area is 126 Å². The van der Waals surface area contributed by atoms with Gasteiger partial charge >= 0.3 is 11.7 Å². The number of aromatic nitrogens is 3. The number of H-pyrrole nitrogens is 1. The first-order valence-corrected chi connectivity index (χ1v) is 7.55. The number of nitrogens with zero attached hydrogens (tertiary/aromatic N) is 2. The van der Waals surface area contributed by atoms with Crippen molar-refractivity contribution in [2.75, 3.05) is 0 Å². The van der Waals surface area contributed by atoms with Crippen LogP contribution < -0.4 is 5.69 Å². The lowest BCUT2D eigenvalue weighted by molar-refractivity contribution is -0.136. The van der Waals surface area contributed by atoms with E-state index in [9.17, 15) is 9.59 Å². The summed E-state index contributed by atoms with van der Waals surface area (Å²) < 4.78 is 1.61. The van der Waals surface area contributed by atoms with Crippen molar-refractivity contribution in [3.05, 3.63) is 45.9 Å². The molecule has 1 heterocycles. The van der Waals surface area contributed by atoms with Crippen LogP contribution in [-0.4, -0.2) is 25.8 Å². The first-order chi connectivity index (χ1) is 9.97. The van der Waals surface area contributed by atoms with E-state index in [1.54, 1.807) is 4.57 Å². The molecule has 0 bridgehead atoms. The number of nitrogens with one attached hydrogen (secondary N) is 1. The average molecular weight is 307 g/mol. The van der Waals surface area contributed by atoms with Crippen LogP contribution in [-0.2, 0) is 17.0 Å². The second-order valence-electron chi connectivity index (χ2n) is 4.95. The minimum atomic E-state index is -0.838. The van der Waals surface area contributed by atoms with Gasteiger partial charge in [0.1, 0.15) is 0 Å². The smallest absolute Gasteiger partial charge is 0.344 e. The van der Waals surface area contributed by atoms with Crippen LogP contribution in [0.15, 0.2) is 34.2 Å². The van der Waals surface area contributed by atoms with E-state index >= 15 is 0 Å². The van der Waals surface area contributed by atoms with Gasteiger partial charge in [0.05, 0.1) is 6.42 Å². The zero-order valence-corrected chi connectivity index (χ0v) is 12.7. The van der Waals surface area contributed by atoms with E-state index in [4.69, 9.17) is 5.11 Å². The maximum absolute atomic E-state index is 11.6. The Kier molecular flexibility index (Phi) is 4.85. The summed E-state index contributed by atoms with van der Waals surface area (Å²) in [6.45, 7) is 3.86. The molecule has 0 saturated heterocycles. The van der Waals surface area contributed by atoms with Crippen molar-refractivity contribution >= 4 is 17.7 Å². The fraction of sp³-hybridized carbons (Fsp3) is 0.357. The third-order valence-corrected chi connectivity index (χ3v) is 3.96. The summed E-state index contributed by atoms with van der Waals surface area (Å²) in [6.07, 6.45) is 0.0275. The number of aromatic amines is 1. The van der Waals surface area contributed by atoms with E-state index in [2.05, 4.69) is 10.2 Å². The normalized spacial score (nSPS) is 11.0. The van der Waals surface area contributed by atoms with Crippen molar-refractivity contribution < 1.29 is 9.90 Å². The van der Waals surface area contributed by atoms with Crippen LogP contribution >= 0.6 is 11.8 Å². The molecule has 0 spiro atoms. The summed E-state index contributed by atoms with van der Waals surface area (Å²) in [5, 5.41) is 15.9. The summed E-state index contributed by atoms with van der Waals surface area (Å²) in [5.41, 5.74) is 1.62. The number of thioether (sulfide) groups is 1. The van der Waals surface area contributed by atoms with Crippen molar-refractivity contribution in [2.45, 2.75) is 37.2 Å². The van der Waals surface area contributed by atoms with Gasteiger partial charge in [0.25, 0.3) is 0 Å². The standard InChI is InChI=1S/C14H17N3O3S/c1-9(2)17-13(20)15-16-14(17)21-8-11-5-3-10(4-6-11)7-12(18)19/h3-6,9H,7-8H2,1-2H3,(H,15,20)(H,18,19). The van der Waals surface area contributed by atoms with Crippen LogP contribution in [0.1, 0.15) is 31.0 Å². The molecule has 0 aliphatic heterocycles. The Hall–Kier alpha value is -2.02. The Morgan fingerprint density at radius 2 is 1.95 bits per heavy atom. The SMILES string of the molecule is CC(C)n1c(SCc2ccc(CC(=O)O)cc2)n[nH]c1=O. The van der Waals surface area contributed by atoms with Crippen molar-refractivity contribution in [3.8, 4) is 0 Å². The summed E-state index contributed by atoms with van der Waals surface area (Å²) in [5.74, 6) is -0.167. The van der Waals surface area contributed by atoms with Crippen LogP contribution in [0.2, 0.25) is 0 Å². The third kappa shape index (κ3) is 3.98. The summed E-state index contributed by atoms with van der Waals surface area (Å²) in [6, 6.07) is 7.47. The molecule has 0 unspecified atom stereocenters. The molecule has 0 fully saturated rings. The minimum Gasteiger partial charge on any atom is -0.481 e. The number of aliphatic carboxylic acids is 1. The highest BCUT2D eigenvalue weighted by Gasteiger charge is 2.11. The van der Waals surface area contributed by atoms with Gasteiger partial charge in [-0.05, 0) is 25.0 Å². The maximum atomic E-state index is 11.6. The number of carboxylic acids is 1. The highest BCUT2D eigenvalue weighted by atomic mass is 32.2. The fourth-order valence-electron chi connectivity index (χ4n) is 1.92. The van der Waals surface area contributed by atoms with E-state index < -0.39 is 5.97 Å². The molecule has 1 aromatic heterocycles. The molecular formula is C14H17N3O3S. The van der Waals surface area contributed by atoms with Gasteiger partial charge in [-0.15, -0.1) is 5.10 Å². The predicted octanol–water partition coefficient (Wildman–Crippen LogP) is 2.07. The van der Waals surface area contributed by atoms with Crippen molar-refractivity contribution in [1.29, 1.82) is 0 Å². The quantitative estimate of drug-likeness (QED) is 0.798. The molecule has 0 aliphatic carbocycles. The van der Waals surface area contributed by atoms with Crippen LogP contribution in [0.5, 0.6) is 0 Å². The molecule has 112 valence electrons. The topological polar surface area (TPSA) is 88.0 Å². The Morgan fingerprint density at radius 1 is 1.33 bits per heavy atom. The number of benzene rings is 1. The maximum Gasteiger partial charge on any atom is 0.344 e. The number of carbonyl (C=O) groups is 1. The van der Waals surface area contributed by atoms with E-state index in [0.29, 0.717) is 10.9 Å². The third-order valence-electron chi connectivity index (χ3n) is 2.93. The van der Waals surface area contributed by atoms with Crippen LogP contribution in [0, 0.1) is 0 Å². The van der Waals surface area contributed by atoms with Crippen LogP contribution in [0.25, 0.3) is 0 Å². The van der Waals surface area contributed by atoms with Gasteiger partial charge < -0.3 is 5.11 Å². The number of hydrogen-bond donors (Lipinski definition) is 2. The molecule has 2 aromatic rings. The summed E-state index contributed by atoms with van der Waals surface area (Å²) >= 11 is 1.47. The first-order valence-electron chi connectivity index (χ1n) is 6.56. The van der Waals surface area contributed by atoms with Crippen molar-refractivity contribution in [2.24, 2.45) is 0 Å². The molecular weight excluding hydrogens is 290 g/mol. The minimum absolute atomic E-state index is 0.0275. The second-order valence-corrected chi connectivity index (χ2v) is 5.89. The van der Waals surface area contributed by atoms with Gasteiger partial charge in [-0.2, -0.15) is 0 Å². The Morgan fingerprint density at radius 3 is 2.52 bits per heavy atom. The van der Waals surface area contributed by atoms with Gasteiger partial charge in [0.15, 0.2) is 5.16 Å². The van der Waals surface area contributed by atoms with Gasteiger partial charge in [-0.3, -0.25) is 9.36 Å². The molecule has 7 heteroatoms. The molecule has 0 aliphatic rings. The Balaban J connectivity index is 2.03. The molecule has 0 radical (unpaired) electrons. The average Bonchev–Trinajstić information content (AvgIpc) is 2.78. The summed E-state index contributed by atoms with van der Waals surface area (Å²) in [7, 11) is 0. The van der Waals surface area contributed by atoms with Crippen molar-refractivity contribution in [1.82, 2.24) is 14.8 Å². The fourth-order valence-corrected chi connectivity index (χ4v) is 2.95. The number of hydrogen-bond acceptors (Lipinski definition) is 4. The Bertz CT molecular complexity index is 674. The zero-order valence-electron chi connectivity index (χ0n) is 11.9. The molecule has 0 atom stereocenters. The van der Waals surface area contributed by atoms with Crippen LogP contribution in [0.4, 0.5) is 0 Å². The van der Waals surface area contributed by atoms with Gasteiger partial charge in [-0.25, -0.2) is 9.89 Å². The molecule has 2 N–H and O–H groups in total. The monoisotopic (exact) mass is 307 g/mol. The molecule has 6 nitrogen and oxygen atoms in total. The predicted molar refractivity (Wildman–Crippen MR) is 80.6 cm³/mol. The molecule has 1 aromatic carbocycles. The van der Waals surface area contributed by atoms with E-state index in [0.717, 1.165) is 11.1 Å².